The first-order valence-corrected chi connectivity index (χ1v) is 6.66. The van der Waals surface area contributed by atoms with E-state index in [0.29, 0.717) is 12.2 Å². The number of ether oxygens (including phenoxy) is 1. The molecule has 4 nitrogen and oxygen atoms in total. The van der Waals surface area contributed by atoms with Crippen molar-refractivity contribution in [3.8, 4) is 5.75 Å². The Morgan fingerprint density at radius 2 is 2.16 bits per heavy atom. The van der Waals surface area contributed by atoms with Crippen molar-refractivity contribution in [2.45, 2.75) is 39.2 Å². The molecule has 19 heavy (non-hydrogen) atoms. The topological polar surface area (TPSA) is 58.6 Å². The van der Waals surface area contributed by atoms with Crippen LogP contribution in [0.4, 0.5) is 0 Å². The minimum atomic E-state index is -0.578. The average Bonchev–Trinajstić information content (AvgIpc) is 2.45. The third-order valence-electron chi connectivity index (χ3n) is 3.25. The molecule has 0 fully saturated rings. The SMILES string of the molecule is CCc1cccc(OCC(=O)NC(C)(CC)CO)c1. The molecule has 2 N–H and O–H groups in total. The number of nitrogens with one attached hydrogen (secondary N) is 1. The Labute approximate surface area is 114 Å². The summed E-state index contributed by atoms with van der Waals surface area (Å²) < 4.78 is 5.45. The molecule has 0 bridgehead atoms. The minimum absolute atomic E-state index is 0.0389. The van der Waals surface area contributed by atoms with Crippen molar-refractivity contribution in [1.82, 2.24) is 5.32 Å². The molecule has 1 rings (SSSR count). The van der Waals surface area contributed by atoms with Gasteiger partial charge in [-0.1, -0.05) is 26.0 Å². The lowest BCUT2D eigenvalue weighted by molar-refractivity contribution is -0.125. The van der Waals surface area contributed by atoms with Crippen molar-refractivity contribution < 1.29 is 14.6 Å². The van der Waals surface area contributed by atoms with Crippen LogP contribution >= 0.6 is 0 Å². The third kappa shape index (κ3) is 4.91. The van der Waals surface area contributed by atoms with Crippen LogP contribution in [0, 0.1) is 0 Å². The van der Waals surface area contributed by atoms with E-state index < -0.39 is 5.54 Å². The van der Waals surface area contributed by atoms with Crippen LogP contribution < -0.4 is 10.1 Å². The summed E-state index contributed by atoms with van der Waals surface area (Å²) in [7, 11) is 0. The molecule has 0 spiro atoms. The van der Waals surface area contributed by atoms with Crippen molar-refractivity contribution in [2.24, 2.45) is 0 Å². The zero-order valence-corrected chi connectivity index (χ0v) is 11.9. The number of aliphatic hydroxyl groups is 1. The van der Waals surface area contributed by atoms with Gasteiger partial charge >= 0.3 is 0 Å². The maximum Gasteiger partial charge on any atom is 0.258 e. The largest absolute Gasteiger partial charge is 0.484 e. The van der Waals surface area contributed by atoms with E-state index in [4.69, 9.17) is 4.74 Å². The summed E-state index contributed by atoms with van der Waals surface area (Å²) in [5.74, 6) is 0.469. The van der Waals surface area contributed by atoms with E-state index >= 15 is 0 Å². The predicted octanol–water partition coefficient (Wildman–Crippen LogP) is 1.90. The lowest BCUT2D eigenvalue weighted by atomic mass is 10.0. The molecule has 0 aliphatic heterocycles. The number of rotatable bonds is 7. The quantitative estimate of drug-likeness (QED) is 0.791. The zero-order chi connectivity index (χ0) is 14.3. The first kappa shape index (κ1) is 15.5. The molecule has 1 unspecified atom stereocenters. The van der Waals surface area contributed by atoms with Gasteiger partial charge in [0.1, 0.15) is 5.75 Å². The Morgan fingerprint density at radius 1 is 1.42 bits per heavy atom. The molecule has 1 amide bonds. The molecular formula is C15H23NO3. The number of hydrogen-bond acceptors (Lipinski definition) is 3. The molecule has 0 aliphatic carbocycles. The molecule has 0 saturated carbocycles. The van der Waals surface area contributed by atoms with Gasteiger partial charge in [-0.15, -0.1) is 0 Å². The first-order chi connectivity index (χ1) is 9.03. The van der Waals surface area contributed by atoms with E-state index in [1.165, 1.54) is 5.56 Å². The summed E-state index contributed by atoms with van der Waals surface area (Å²) >= 11 is 0. The van der Waals surface area contributed by atoms with E-state index in [2.05, 4.69) is 12.2 Å². The van der Waals surface area contributed by atoms with Crippen LogP contribution in [0.3, 0.4) is 0 Å². The van der Waals surface area contributed by atoms with Gasteiger partial charge in [-0.3, -0.25) is 4.79 Å². The number of carbonyl (C=O) groups is 1. The fourth-order valence-corrected chi connectivity index (χ4v) is 1.62. The fraction of sp³-hybridized carbons (Fsp3) is 0.533. The Kier molecular flexibility index (Phi) is 5.83. The highest BCUT2D eigenvalue weighted by molar-refractivity contribution is 5.78. The van der Waals surface area contributed by atoms with Crippen LogP contribution in [0.5, 0.6) is 5.75 Å². The molecule has 1 atom stereocenters. The summed E-state index contributed by atoms with van der Waals surface area (Å²) in [5.41, 5.74) is 0.595. The summed E-state index contributed by atoms with van der Waals surface area (Å²) in [6, 6.07) is 7.69. The van der Waals surface area contributed by atoms with Crippen molar-refractivity contribution in [3.05, 3.63) is 29.8 Å². The molecule has 106 valence electrons. The van der Waals surface area contributed by atoms with Crippen LogP contribution in [-0.4, -0.2) is 29.8 Å². The third-order valence-corrected chi connectivity index (χ3v) is 3.25. The summed E-state index contributed by atoms with van der Waals surface area (Å²) in [5, 5.41) is 12.0. The van der Waals surface area contributed by atoms with Crippen LogP contribution in [0.15, 0.2) is 24.3 Å². The number of hydrogen-bond donors (Lipinski definition) is 2. The Balaban J connectivity index is 2.50. The second kappa shape index (κ2) is 7.14. The van der Waals surface area contributed by atoms with E-state index in [1.54, 1.807) is 0 Å². The average molecular weight is 265 g/mol. The van der Waals surface area contributed by atoms with Gasteiger partial charge in [0.2, 0.25) is 0 Å². The van der Waals surface area contributed by atoms with Crippen LogP contribution in [0.25, 0.3) is 0 Å². The predicted molar refractivity (Wildman–Crippen MR) is 75.2 cm³/mol. The van der Waals surface area contributed by atoms with Gasteiger partial charge in [0.25, 0.3) is 5.91 Å². The Morgan fingerprint density at radius 3 is 2.74 bits per heavy atom. The van der Waals surface area contributed by atoms with Crippen LogP contribution in [-0.2, 0) is 11.2 Å². The Bertz CT molecular complexity index is 414. The molecule has 0 aromatic heterocycles. The molecule has 4 heteroatoms. The second-order valence-electron chi connectivity index (χ2n) is 4.91. The van der Waals surface area contributed by atoms with Crippen LogP contribution in [0.2, 0.25) is 0 Å². The van der Waals surface area contributed by atoms with Crippen LogP contribution in [0.1, 0.15) is 32.8 Å². The van der Waals surface area contributed by atoms with Gasteiger partial charge in [0, 0.05) is 0 Å². The summed E-state index contributed by atoms with van der Waals surface area (Å²) in [6.07, 6.45) is 1.60. The zero-order valence-electron chi connectivity index (χ0n) is 11.9. The molecule has 0 heterocycles. The lowest BCUT2D eigenvalue weighted by Gasteiger charge is -2.27. The molecule has 1 aromatic rings. The summed E-state index contributed by atoms with van der Waals surface area (Å²) in [6.45, 7) is 5.67. The van der Waals surface area contributed by atoms with Gasteiger partial charge < -0.3 is 15.2 Å². The Hall–Kier alpha value is -1.55. The molecule has 0 saturated heterocycles. The summed E-state index contributed by atoms with van der Waals surface area (Å²) in [4.78, 5) is 11.8. The number of benzene rings is 1. The number of amides is 1. The van der Waals surface area contributed by atoms with Gasteiger partial charge in [-0.2, -0.15) is 0 Å². The van der Waals surface area contributed by atoms with Crippen molar-refractivity contribution in [3.63, 3.8) is 0 Å². The van der Waals surface area contributed by atoms with Gasteiger partial charge in [-0.05, 0) is 37.5 Å². The maximum absolute atomic E-state index is 11.8. The number of aryl methyl sites for hydroxylation is 1. The molecule has 0 aliphatic rings. The van der Waals surface area contributed by atoms with Gasteiger partial charge in [0.05, 0.1) is 12.1 Å². The molecule has 0 radical (unpaired) electrons. The van der Waals surface area contributed by atoms with Crippen molar-refractivity contribution >= 4 is 5.91 Å². The number of carbonyl (C=O) groups excluding carboxylic acids is 1. The molecule has 1 aromatic carbocycles. The first-order valence-electron chi connectivity index (χ1n) is 6.66. The lowest BCUT2D eigenvalue weighted by Crippen LogP contribution is -2.49. The number of aliphatic hydroxyl groups excluding tert-OH is 1. The smallest absolute Gasteiger partial charge is 0.258 e. The highest BCUT2D eigenvalue weighted by Gasteiger charge is 2.23. The molecular weight excluding hydrogens is 242 g/mol. The minimum Gasteiger partial charge on any atom is -0.484 e. The standard InChI is InChI=1S/C15H23NO3/c1-4-12-7-6-8-13(9-12)19-10-14(18)16-15(3,5-2)11-17/h6-9,17H,4-5,10-11H2,1-3H3,(H,16,18). The van der Waals surface area contributed by atoms with E-state index in [1.807, 2.05) is 38.1 Å². The fourth-order valence-electron chi connectivity index (χ4n) is 1.62. The van der Waals surface area contributed by atoms with Crippen molar-refractivity contribution in [1.29, 1.82) is 0 Å². The van der Waals surface area contributed by atoms with E-state index in [-0.39, 0.29) is 19.1 Å². The highest BCUT2D eigenvalue weighted by Crippen LogP contribution is 2.14. The van der Waals surface area contributed by atoms with Gasteiger partial charge in [0.15, 0.2) is 6.61 Å². The maximum atomic E-state index is 11.8. The van der Waals surface area contributed by atoms with Crippen molar-refractivity contribution in [2.75, 3.05) is 13.2 Å². The monoisotopic (exact) mass is 265 g/mol. The van der Waals surface area contributed by atoms with E-state index in [9.17, 15) is 9.90 Å². The normalized spacial score (nSPS) is 13.7. The highest BCUT2D eigenvalue weighted by atomic mass is 16.5. The second-order valence-corrected chi connectivity index (χ2v) is 4.91. The van der Waals surface area contributed by atoms with E-state index in [0.717, 1.165) is 6.42 Å². The van der Waals surface area contributed by atoms with Gasteiger partial charge in [-0.25, -0.2) is 0 Å².